The number of nitrogens with zero attached hydrogens (tertiary/aromatic N) is 5. The molecule has 0 fully saturated rings. The van der Waals surface area contributed by atoms with Crippen LogP contribution in [0.25, 0.3) is 17.2 Å². The molecule has 0 saturated carbocycles. The quantitative estimate of drug-likeness (QED) is 0.569. The highest BCUT2D eigenvalue weighted by Crippen LogP contribution is 2.22. The van der Waals surface area contributed by atoms with Gasteiger partial charge in [0, 0.05) is 12.6 Å². The lowest BCUT2D eigenvalue weighted by Crippen LogP contribution is -2.16. The number of tetrazole rings is 1. The Labute approximate surface area is 149 Å². The first-order valence-electron chi connectivity index (χ1n) is 7.45. The van der Waals surface area contributed by atoms with E-state index in [-0.39, 0.29) is 28.6 Å². The van der Waals surface area contributed by atoms with Gasteiger partial charge < -0.3 is 5.11 Å². The van der Waals surface area contributed by atoms with Crippen LogP contribution in [0, 0.1) is 5.82 Å². The molecule has 4 rings (SSSR count). The molecule has 130 valence electrons. The lowest BCUT2D eigenvalue weighted by Gasteiger charge is -2.08. The second-order valence-corrected chi connectivity index (χ2v) is 5.91. The summed E-state index contributed by atoms with van der Waals surface area (Å²) in [6.45, 7) is 0. The van der Waals surface area contributed by atoms with Gasteiger partial charge in [0.2, 0.25) is 11.6 Å². The van der Waals surface area contributed by atoms with Gasteiger partial charge in [-0.1, -0.05) is 29.8 Å². The first-order chi connectivity index (χ1) is 12.5. The molecule has 26 heavy (non-hydrogen) atoms. The number of aromatic amines is 1. The minimum absolute atomic E-state index is 0.00664. The summed E-state index contributed by atoms with van der Waals surface area (Å²) in [5.74, 6) is -1.10. The predicted molar refractivity (Wildman–Crippen MR) is 90.5 cm³/mol. The number of halogens is 2. The van der Waals surface area contributed by atoms with E-state index in [1.807, 2.05) is 0 Å². The number of H-pyrrole nitrogens is 1. The van der Waals surface area contributed by atoms with E-state index in [2.05, 4.69) is 25.6 Å². The summed E-state index contributed by atoms with van der Waals surface area (Å²) in [7, 11) is 0. The summed E-state index contributed by atoms with van der Waals surface area (Å²) < 4.78 is 15.3. The molecule has 0 aliphatic heterocycles. The zero-order valence-corrected chi connectivity index (χ0v) is 13.8. The van der Waals surface area contributed by atoms with E-state index < -0.39 is 17.1 Å². The Morgan fingerprint density at radius 2 is 2.12 bits per heavy atom. The maximum atomic E-state index is 14.1. The van der Waals surface area contributed by atoms with Crippen molar-refractivity contribution < 1.29 is 9.50 Å². The van der Waals surface area contributed by atoms with Gasteiger partial charge in [0.15, 0.2) is 5.69 Å². The monoisotopic (exact) mass is 372 g/mol. The van der Waals surface area contributed by atoms with Gasteiger partial charge in [0.25, 0.3) is 0 Å². The van der Waals surface area contributed by atoms with Crippen LogP contribution < -0.4 is 5.56 Å². The second-order valence-electron chi connectivity index (χ2n) is 5.50. The fraction of sp³-hybridized carbons (Fsp3) is 0.0625. The Morgan fingerprint density at radius 1 is 1.27 bits per heavy atom. The van der Waals surface area contributed by atoms with Crippen LogP contribution >= 0.6 is 11.6 Å². The molecule has 0 radical (unpaired) electrons. The van der Waals surface area contributed by atoms with E-state index >= 15 is 0 Å². The molecule has 4 aromatic rings. The number of rotatable bonds is 3. The van der Waals surface area contributed by atoms with Gasteiger partial charge >= 0.3 is 5.56 Å². The van der Waals surface area contributed by atoms with Crippen LogP contribution in [0.3, 0.4) is 0 Å². The van der Waals surface area contributed by atoms with E-state index in [4.69, 9.17) is 11.6 Å². The number of pyridine rings is 1. The molecule has 0 atom stereocenters. The number of aromatic hydroxyl groups is 1. The highest BCUT2D eigenvalue weighted by Gasteiger charge is 2.17. The van der Waals surface area contributed by atoms with Crippen LogP contribution in [0.1, 0.15) is 11.1 Å². The number of benzene rings is 1. The summed E-state index contributed by atoms with van der Waals surface area (Å²) in [4.78, 5) is 16.7. The van der Waals surface area contributed by atoms with Crippen LogP contribution in [0.5, 0.6) is 5.75 Å². The standard InChI is InChI=1S/C16H10ClFN6O2/c17-10-3-1-2-9(12(10)18)6-8-4-5-11-19-13(15-20-22-23-21-15)14(25)16(26)24(11)7-8/h1-5,7,25H,6H2,(H,20,21,22,23). The minimum Gasteiger partial charge on any atom is -0.501 e. The molecule has 3 aromatic heterocycles. The maximum Gasteiger partial charge on any atom is 0.300 e. The molecular weight excluding hydrogens is 363 g/mol. The Hall–Kier alpha value is -3.33. The van der Waals surface area contributed by atoms with E-state index in [9.17, 15) is 14.3 Å². The molecule has 0 aliphatic carbocycles. The van der Waals surface area contributed by atoms with Gasteiger partial charge in [-0.2, -0.15) is 5.21 Å². The highest BCUT2D eigenvalue weighted by molar-refractivity contribution is 6.30. The van der Waals surface area contributed by atoms with Crippen LogP contribution in [0.2, 0.25) is 5.02 Å². The van der Waals surface area contributed by atoms with Crippen molar-refractivity contribution in [3.63, 3.8) is 0 Å². The summed E-state index contributed by atoms with van der Waals surface area (Å²) in [5, 5.41) is 23.2. The molecule has 1 aromatic carbocycles. The highest BCUT2D eigenvalue weighted by atomic mass is 35.5. The van der Waals surface area contributed by atoms with Gasteiger partial charge in [0.1, 0.15) is 11.5 Å². The normalized spacial score (nSPS) is 11.2. The number of nitrogens with one attached hydrogen (secondary N) is 1. The summed E-state index contributed by atoms with van der Waals surface area (Å²) in [5.41, 5.74) is 0.559. The predicted octanol–water partition coefficient (Wildman–Crippen LogP) is 1.96. The molecule has 0 unspecified atom stereocenters. The van der Waals surface area contributed by atoms with E-state index in [1.165, 1.54) is 16.7 Å². The third-order valence-electron chi connectivity index (χ3n) is 3.84. The third kappa shape index (κ3) is 2.68. The van der Waals surface area contributed by atoms with Crippen LogP contribution in [0.4, 0.5) is 4.39 Å². The van der Waals surface area contributed by atoms with E-state index in [0.29, 0.717) is 11.1 Å². The van der Waals surface area contributed by atoms with Crippen LogP contribution in [-0.2, 0) is 6.42 Å². The Kier molecular flexibility index (Phi) is 3.85. The molecule has 2 N–H and O–H groups in total. The summed E-state index contributed by atoms with van der Waals surface area (Å²) in [6.07, 6.45) is 1.72. The number of hydrogen-bond acceptors (Lipinski definition) is 6. The average molecular weight is 373 g/mol. The zero-order valence-electron chi connectivity index (χ0n) is 13.0. The molecule has 0 aliphatic rings. The number of hydrogen-bond donors (Lipinski definition) is 2. The zero-order chi connectivity index (χ0) is 18.3. The van der Waals surface area contributed by atoms with Crippen molar-refractivity contribution >= 4 is 17.2 Å². The third-order valence-corrected chi connectivity index (χ3v) is 4.14. The molecule has 0 spiro atoms. The van der Waals surface area contributed by atoms with E-state index in [0.717, 1.165) is 0 Å². The molecule has 0 saturated heterocycles. The van der Waals surface area contributed by atoms with Crippen LogP contribution in [0.15, 0.2) is 41.3 Å². The largest absolute Gasteiger partial charge is 0.501 e. The molecule has 0 amide bonds. The summed E-state index contributed by atoms with van der Waals surface area (Å²) >= 11 is 5.79. The second kappa shape index (κ2) is 6.19. The Bertz CT molecular complexity index is 1180. The Balaban J connectivity index is 1.81. The maximum absolute atomic E-state index is 14.1. The van der Waals surface area contributed by atoms with Crippen molar-refractivity contribution in [3.8, 4) is 17.3 Å². The van der Waals surface area contributed by atoms with Crippen molar-refractivity contribution in [2.24, 2.45) is 0 Å². The minimum atomic E-state index is -0.691. The van der Waals surface area contributed by atoms with Crippen molar-refractivity contribution in [1.82, 2.24) is 30.0 Å². The van der Waals surface area contributed by atoms with Crippen molar-refractivity contribution in [2.75, 3.05) is 0 Å². The number of fused-ring (bicyclic) bond motifs is 1. The fourth-order valence-electron chi connectivity index (χ4n) is 2.60. The lowest BCUT2D eigenvalue weighted by molar-refractivity contribution is 0.464. The fourth-order valence-corrected chi connectivity index (χ4v) is 2.80. The SMILES string of the molecule is O=c1c(O)c(-c2nn[nH]n2)nc2ccc(Cc3cccc(Cl)c3F)cn12. The van der Waals surface area contributed by atoms with Gasteiger partial charge in [-0.05, 0) is 28.5 Å². The Morgan fingerprint density at radius 3 is 2.88 bits per heavy atom. The van der Waals surface area contributed by atoms with Gasteiger partial charge in [-0.15, -0.1) is 10.2 Å². The average Bonchev–Trinajstić information content (AvgIpc) is 3.17. The topological polar surface area (TPSA) is 109 Å². The lowest BCUT2D eigenvalue weighted by atomic mass is 10.1. The van der Waals surface area contributed by atoms with Crippen molar-refractivity contribution in [1.29, 1.82) is 0 Å². The van der Waals surface area contributed by atoms with Crippen molar-refractivity contribution in [3.05, 3.63) is 68.8 Å². The smallest absolute Gasteiger partial charge is 0.300 e. The first-order valence-corrected chi connectivity index (χ1v) is 7.83. The van der Waals surface area contributed by atoms with Gasteiger partial charge in [0.05, 0.1) is 5.02 Å². The first kappa shape index (κ1) is 16.2. The number of aromatic nitrogens is 6. The van der Waals surface area contributed by atoms with Gasteiger partial charge in [-0.3, -0.25) is 9.20 Å². The van der Waals surface area contributed by atoms with Gasteiger partial charge in [-0.25, -0.2) is 9.37 Å². The molecule has 10 heteroatoms. The summed E-state index contributed by atoms with van der Waals surface area (Å²) in [6, 6.07) is 8.02. The molecular formula is C16H10ClFN6O2. The molecule has 0 bridgehead atoms. The molecule has 8 nitrogen and oxygen atoms in total. The molecule has 3 heterocycles. The van der Waals surface area contributed by atoms with E-state index in [1.54, 1.807) is 24.3 Å². The van der Waals surface area contributed by atoms with Crippen LogP contribution in [-0.4, -0.2) is 35.1 Å². The van der Waals surface area contributed by atoms with Crippen molar-refractivity contribution in [2.45, 2.75) is 6.42 Å².